The summed E-state index contributed by atoms with van der Waals surface area (Å²) in [5.74, 6) is 0.259. The molecule has 0 saturated heterocycles. The second-order valence-electron chi connectivity index (χ2n) is 6.13. The zero-order valence-corrected chi connectivity index (χ0v) is 14.6. The van der Waals surface area contributed by atoms with Gasteiger partial charge in [-0.25, -0.2) is 9.20 Å². The van der Waals surface area contributed by atoms with E-state index in [-0.39, 0.29) is 18.5 Å². The maximum atomic E-state index is 12.6. The predicted octanol–water partition coefficient (Wildman–Crippen LogP) is 2.03. The Bertz CT molecular complexity index is 1130. The van der Waals surface area contributed by atoms with E-state index in [4.69, 9.17) is 4.42 Å². The van der Waals surface area contributed by atoms with Crippen molar-refractivity contribution in [2.24, 2.45) is 0 Å². The molecule has 0 aliphatic heterocycles. The number of nitrogens with one attached hydrogen (secondary N) is 1. The van der Waals surface area contributed by atoms with Crippen LogP contribution >= 0.6 is 0 Å². The molecule has 0 fully saturated rings. The van der Waals surface area contributed by atoms with Gasteiger partial charge < -0.3 is 9.73 Å². The molecule has 3 aromatic heterocycles. The molecule has 8 nitrogen and oxygen atoms in total. The summed E-state index contributed by atoms with van der Waals surface area (Å²) >= 11 is 0. The Hall–Kier alpha value is -3.68. The minimum Gasteiger partial charge on any atom is -0.463 e. The average molecular weight is 363 g/mol. The Morgan fingerprint density at radius 1 is 1.22 bits per heavy atom. The number of furan rings is 1. The molecule has 4 rings (SSSR count). The van der Waals surface area contributed by atoms with Crippen molar-refractivity contribution in [3.05, 3.63) is 77.0 Å². The molecule has 0 saturated carbocycles. The highest BCUT2D eigenvalue weighted by molar-refractivity contribution is 5.76. The fraction of sp³-hybridized carbons (Fsp3) is 0.158. The van der Waals surface area contributed by atoms with Crippen LogP contribution < -0.4 is 10.9 Å². The van der Waals surface area contributed by atoms with Crippen LogP contribution in [0.3, 0.4) is 0 Å². The van der Waals surface area contributed by atoms with Crippen molar-refractivity contribution in [3.63, 3.8) is 0 Å². The fourth-order valence-corrected chi connectivity index (χ4v) is 2.84. The third kappa shape index (κ3) is 3.37. The monoisotopic (exact) mass is 363 g/mol. The van der Waals surface area contributed by atoms with E-state index in [0.29, 0.717) is 17.0 Å². The van der Waals surface area contributed by atoms with Crippen molar-refractivity contribution in [1.29, 1.82) is 0 Å². The topological polar surface area (TPSA) is 94.4 Å². The molecule has 8 heteroatoms. The summed E-state index contributed by atoms with van der Waals surface area (Å²) in [6.45, 7) is 1.72. The molecule has 0 spiro atoms. The largest absolute Gasteiger partial charge is 0.463 e. The molecule has 27 heavy (non-hydrogen) atoms. The van der Waals surface area contributed by atoms with E-state index >= 15 is 0 Å². The van der Waals surface area contributed by atoms with Gasteiger partial charge in [-0.1, -0.05) is 30.3 Å². The van der Waals surface area contributed by atoms with Crippen molar-refractivity contribution in [2.45, 2.75) is 19.5 Å². The summed E-state index contributed by atoms with van der Waals surface area (Å²) in [6, 6.07) is 14.6. The maximum absolute atomic E-state index is 12.6. The van der Waals surface area contributed by atoms with E-state index in [1.807, 2.05) is 37.3 Å². The summed E-state index contributed by atoms with van der Waals surface area (Å²) in [7, 11) is 0. The molecule has 1 atom stereocenters. The van der Waals surface area contributed by atoms with Crippen molar-refractivity contribution < 1.29 is 9.21 Å². The summed E-state index contributed by atoms with van der Waals surface area (Å²) in [4.78, 5) is 25.0. The summed E-state index contributed by atoms with van der Waals surface area (Å²) in [5, 5.41) is 11.2. The predicted molar refractivity (Wildman–Crippen MR) is 97.9 cm³/mol. The Morgan fingerprint density at radius 3 is 2.78 bits per heavy atom. The smallest absolute Gasteiger partial charge is 0.293 e. The van der Waals surface area contributed by atoms with Gasteiger partial charge in [-0.3, -0.25) is 9.59 Å². The second-order valence-corrected chi connectivity index (χ2v) is 6.13. The lowest BCUT2D eigenvalue weighted by atomic mass is 10.1. The number of rotatable bonds is 5. The number of aromatic nitrogens is 4. The van der Waals surface area contributed by atoms with Crippen LogP contribution in [0.2, 0.25) is 0 Å². The van der Waals surface area contributed by atoms with Gasteiger partial charge in [0.2, 0.25) is 5.91 Å². The molecule has 0 bridgehead atoms. The SMILES string of the molecule is CC(NC(=O)Cn1ncn2nc(-c3ccco3)cc2c1=O)c1ccccc1. The van der Waals surface area contributed by atoms with Crippen LogP contribution in [-0.2, 0) is 11.3 Å². The second kappa shape index (κ2) is 6.91. The minimum atomic E-state index is -0.398. The van der Waals surface area contributed by atoms with E-state index in [1.165, 1.54) is 17.1 Å². The summed E-state index contributed by atoms with van der Waals surface area (Å²) in [6.07, 6.45) is 2.94. The van der Waals surface area contributed by atoms with Crippen LogP contribution in [0.4, 0.5) is 0 Å². The zero-order valence-electron chi connectivity index (χ0n) is 14.6. The Labute approximate surface area is 154 Å². The molecule has 1 amide bonds. The summed E-state index contributed by atoms with van der Waals surface area (Å²) < 4.78 is 7.80. The molecule has 4 aromatic rings. The van der Waals surface area contributed by atoms with Gasteiger partial charge in [0.1, 0.15) is 24.1 Å². The minimum absolute atomic E-state index is 0.168. The normalized spacial score (nSPS) is 12.2. The number of carbonyl (C=O) groups excluding carboxylic acids is 1. The lowest BCUT2D eigenvalue weighted by Gasteiger charge is -2.14. The first kappa shape index (κ1) is 16.8. The number of benzene rings is 1. The average Bonchev–Trinajstić information content (AvgIpc) is 3.34. The van der Waals surface area contributed by atoms with Crippen LogP contribution in [0.25, 0.3) is 17.0 Å². The first-order valence-electron chi connectivity index (χ1n) is 8.45. The van der Waals surface area contributed by atoms with Gasteiger partial charge in [0.25, 0.3) is 5.56 Å². The van der Waals surface area contributed by atoms with Crippen LogP contribution in [0.5, 0.6) is 0 Å². The highest BCUT2D eigenvalue weighted by Gasteiger charge is 2.15. The molecule has 136 valence electrons. The van der Waals surface area contributed by atoms with Crippen LogP contribution in [-0.4, -0.2) is 25.3 Å². The van der Waals surface area contributed by atoms with Gasteiger partial charge in [-0.15, -0.1) is 0 Å². The van der Waals surface area contributed by atoms with Crippen LogP contribution in [0, 0.1) is 0 Å². The fourth-order valence-electron chi connectivity index (χ4n) is 2.84. The first-order valence-corrected chi connectivity index (χ1v) is 8.45. The van der Waals surface area contributed by atoms with Gasteiger partial charge >= 0.3 is 0 Å². The quantitative estimate of drug-likeness (QED) is 0.585. The van der Waals surface area contributed by atoms with Gasteiger partial charge in [-0.2, -0.15) is 10.2 Å². The van der Waals surface area contributed by atoms with Crippen LogP contribution in [0.15, 0.2) is 70.3 Å². The number of amides is 1. The number of carbonyl (C=O) groups is 1. The Morgan fingerprint density at radius 2 is 2.04 bits per heavy atom. The molecule has 1 aromatic carbocycles. The number of fused-ring (bicyclic) bond motifs is 1. The highest BCUT2D eigenvalue weighted by Crippen LogP contribution is 2.18. The lowest BCUT2D eigenvalue weighted by molar-refractivity contribution is -0.122. The van der Waals surface area contributed by atoms with E-state index in [9.17, 15) is 9.59 Å². The molecule has 3 heterocycles. The number of nitrogens with zero attached hydrogens (tertiary/aromatic N) is 4. The lowest BCUT2D eigenvalue weighted by Crippen LogP contribution is -2.35. The molecular formula is C19H17N5O3. The van der Waals surface area contributed by atoms with Crippen molar-refractivity contribution in [2.75, 3.05) is 0 Å². The summed E-state index contributed by atoms with van der Waals surface area (Å²) in [5.41, 5.74) is 1.44. The van der Waals surface area contributed by atoms with Gasteiger partial charge in [-0.05, 0) is 24.6 Å². The van der Waals surface area contributed by atoms with Crippen LogP contribution in [0.1, 0.15) is 18.5 Å². The molecule has 1 unspecified atom stereocenters. The Balaban J connectivity index is 1.54. The highest BCUT2D eigenvalue weighted by atomic mass is 16.3. The standard InChI is InChI=1S/C19H17N5O3/c1-13(14-6-3-2-4-7-14)21-18(25)11-23-19(26)16-10-15(17-8-5-9-27-17)22-24(16)12-20-23/h2-10,12-13H,11H2,1H3,(H,21,25). The van der Waals surface area contributed by atoms with Crippen molar-refractivity contribution in [1.82, 2.24) is 24.7 Å². The Kier molecular flexibility index (Phi) is 4.29. The van der Waals surface area contributed by atoms with Crippen molar-refractivity contribution >= 4 is 11.4 Å². The van der Waals surface area contributed by atoms with Gasteiger partial charge in [0.15, 0.2) is 5.76 Å². The maximum Gasteiger partial charge on any atom is 0.293 e. The third-order valence-electron chi connectivity index (χ3n) is 4.23. The van der Waals surface area contributed by atoms with Gasteiger partial charge in [0.05, 0.1) is 12.3 Å². The van der Waals surface area contributed by atoms with E-state index in [0.717, 1.165) is 10.2 Å². The molecule has 1 N–H and O–H groups in total. The van der Waals surface area contributed by atoms with Gasteiger partial charge in [0, 0.05) is 6.07 Å². The van der Waals surface area contributed by atoms with E-state index in [1.54, 1.807) is 18.2 Å². The molecular weight excluding hydrogens is 346 g/mol. The number of hydrogen-bond acceptors (Lipinski definition) is 5. The molecule has 0 aliphatic rings. The number of hydrogen-bond donors (Lipinski definition) is 1. The molecule has 0 aliphatic carbocycles. The zero-order chi connectivity index (χ0) is 18.8. The first-order chi connectivity index (χ1) is 13.1. The van der Waals surface area contributed by atoms with Crippen molar-refractivity contribution in [3.8, 4) is 11.5 Å². The van der Waals surface area contributed by atoms with E-state index < -0.39 is 5.56 Å². The third-order valence-corrected chi connectivity index (χ3v) is 4.23. The van der Waals surface area contributed by atoms with E-state index in [2.05, 4.69) is 15.5 Å². The molecule has 0 radical (unpaired) electrons.